The van der Waals surface area contributed by atoms with Crippen LogP contribution in [-0.4, -0.2) is 13.6 Å². The highest BCUT2D eigenvalue weighted by molar-refractivity contribution is 9.08. The molecule has 0 unspecified atom stereocenters. The Kier molecular flexibility index (Phi) is 4.51. The van der Waals surface area contributed by atoms with Crippen molar-refractivity contribution in [1.29, 1.82) is 0 Å². The van der Waals surface area contributed by atoms with E-state index in [2.05, 4.69) is 15.9 Å². The number of alkyl halides is 1. The molecule has 1 nitrogen and oxygen atoms in total. The maximum Gasteiger partial charge on any atom is 0.149 e. The van der Waals surface area contributed by atoms with Crippen molar-refractivity contribution in [3.8, 4) is 0 Å². The fourth-order valence-electron chi connectivity index (χ4n) is 1.51. The smallest absolute Gasteiger partial charge is 0.149 e. The molecule has 0 fully saturated rings. The number of benzene rings is 1. The van der Waals surface area contributed by atoms with Gasteiger partial charge in [-0.1, -0.05) is 22.9 Å². The minimum absolute atomic E-state index is 0.0570. The number of nitrogens with zero attached hydrogens (tertiary/aromatic N) is 1. The first-order valence-electron chi connectivity index (χ1n) is 4.85. The normalized spacial score (nSPS) is 10.5. The standard InChI is InChI=1S/C11H14BrF2N/c1-3-4-15(2)11-9(13)5-8(7-12)6-10(11)14/h5-6H,3-4,7H2,1-2H3. The molecule has 4 heteroatoms. The lowest BCUT2D eigenvalue weighted by Gasteiger charge is -2.20. The van der Waals surface area contributed by atoms with Crippen LogP contribution in [0, 0.1) is 11.6 Å². The highest BCUT2D eigenvalue weighted by Crippen LogP contribution is 2.25. The van der Waals surface area contributed by atoms with E-state index in [0.717, 1.165) is 6.42 Å². The van der Waals surface area contributed by atoms with Crippen molar-refractivity contribution in [3.63, 3.8) is 0 Å². The van der Waals surface area contributed by atoms with Crippen molar-refractivity contribution in [1.82, 2.24) is 0 Å². The van der Waals surface area contributed by atoms with E-state index in [4.69, 9.17) is 0 Å². The SMILES string of the molecule is CCCN(C)c1c(F)cc(CBr)cc1F. The molecule has 0 saturated heterocycles. The zero-order valence-electron chi connectivity index (χ0n) is 8.86. The first-order chi connectivity index (χ1) is 7.10. The first kappa shape index (κ1) is 12.4. The Morgan fingerprint density at radius 1 is 1.27 bits per heavy atom. The third-order valence-electron chi connectivity index (χ3n) is 2.17. The van der Waals surface area contributed by atoms with Crippen LogP contribution >= 0.6 is 15.9 Å². The van der Waals surface area contributed by atoms with Crippen molar-refractivity contribution >= 4 is 21.6 Å². The Labute approximate surface area is 97.2 Å². The third kappa shape index (κ3) is 2.91. The number of halogens is 3. The molecular weight excluding hydrogens is 264 g/mol. The number of anilines is 1. The topological polar surface area (TPSA) is 3.24 Å². The molecule has 0 aliphatic heterocycles. The molecule has 0 atom stereocenters. The summed E-state index contributed by atoms with van der Waals surface area (Å²) in [5.74, 6) is -0.999. The van der Waals surface area contributed by atoms with E-state index < -0.39 is 11.6 Å². The van der Waals surface area contributed by atoms with Gasteiger partial charge in [0, 0.05) is 18.9 Å². The van der Waals surface area contributed by atoms with Crippen molar-refractivity contribution in [2.45, 2.75) is 18.7 Å². The molecule has 1 aromatic rings. The zero-order chi connectivity index (χ0) is 11.4. The van der Waals surface area contributed by atoms with Gasteiger partial charge in [-0.25, -0.2) is 8.78 Å². The van der Waals surface area contributed by atoms with E-state index in [1.807, 2.05) is 6.92 Å². The number of rotatable bonds is 4. The second-order valence-corrected chi connectivity index (χ2v) is 4.02. The Hall–Kier alpha value is -0.640. The Morgan fingerprint density at radius 2 is 1.80 bits per heavy atom. The maximum atomic E-state index is 13.6. The van der Waals surface area contributed by atoms with E-state index >= 15 is 0 Å². The van der Waals surface area contributed by atoms with Crippen LogP contribution < -0.4 is 4.90 Å². The van der Waals surface area contributed by atoms with Crippen LogP contribution in [0.4, 0.5) is 14.5 Å². The second-order valence-electron chi connectivity index (χ2n) is 3.46. The summed E-state index contributed by atoms with van der Waals surface area (Å²) in [6.07, 6.45) is 0.857. The van der Waals surface area contributed by atoms with Gasteiger partial charge in [-0.05, 0) is 24.1 Å². The van der Waals surface area contributed by atoms with E-state index in [1.165, 1.54) is 12.1 Å². The van der Waals surface area contributed by atoms with Crippen molar-refractivity contribution in [2.24, 2.45) is 0 Å². The monoisotopic (exact) mass is 277 g/mol. The molecule has 15 heavy (non-hydrogen) atoms. The minimum Gasteiger partial charge on any atom is -0.370 e. The fourth-order valence-corrected chi connectivity index (χ4v) is 1.83. The van der Waals surface area contributed by atoms with Crippen LogP contribution in [0.2, 0.25) is 0 Å². The molecule has 0 aliphatic rings. The van der Waals surface area contributed by atoms with Gasteiger partial charge >= 0.3 is 0 Å². The molecule has 1 aromatic carbocycles. The van der Waals surface area contributed by atoms with E-state index in [-0.39, 0.29) is 5.69 Å². The summed E-state index contributed by atoms with van der Waals surface area (Å²) in [6, 6.07) is 2.72. The van der Waals surface area contributed by atoms with Crippen LogP contribution in [-0.2, 0) is 5.33 Å². The second kappa shape index (κ2) is 5.45. The molecule has 0 N–H and O–H groups in total. The summed E-state index contributed by atoms with van der Waals surface area (Å²) in [7, 11) is 1.69. The highest BCUT2D eigenvalue weighted by atomic mass is 79.9. The largest absolute Gasteiger partial charge is 0.370 e. The van der Waals surface area contributed by atoms with Crippen LogP contribution in [0.25, 0.3) is 0 Å². The maximum absolute atomic E-state index is 13.6. The summed E-state index contributed by atoms with van der Waals surface area (Å²) >= 11 is 3.17. The third-order valence-corrected chi connectivity index (χ3v) is 2.82. The molecule has 84 valence electrons. The molecule has 0 amide bonds. The van der Waals surface area contributed by atoms with E-state index in [1.54, 1.807) is 11.9 Å². The van der Waals surface area contributed by atoms with E-state index in [9.17, 15) is 8.78 Å². The van der Waals surface area contributed by atoms with Gasteiger partial charge in [0.25, 0.3) is 0 Å². The van der Waals surface area contributed by atoms with Gasteiger partial charge in [0.1, 0.15) is 17.3 Å². The molecule has 0 heterocycles. The predicted octanol–water partition coefficient (Wildman–Crippen LogP) is 3.71. The first-order valence-corrected chi connectivity index (χ1v) is 5.97. The summed E-state index contributed by atoms with van der Waals surface area (Å²) in [5, 5.41) is 0.457. The number of hydrogen-bond acceptors (Lipinski definition) is 1. The van der Waals surface area contributed by atoms with E-state index in [0.29, 0.717) is 17.4 Å². The minimum atomic E-state index is -0.500. The van der Waals surface area contributed by atoms with Crippen molar-refractivity contribution in [3.05, 3.63) is 29.3 Å². The van der Waals surface area contributed by atoms with Gasteiger partial charge < -0.3 is 4.90 Å². The van der Waals surface area contributed by atoms with Crippen LogP contribution in [0.5, 0.6) is 0 Å². The summed E-state index contributed by atoms with van der Waals surface area (Å²) in [5.41, 5.74) is 0.667. The number of hydrogen-bond donors (Lipinski definition) is 0. The van der Waals surface area contributed by atoms with Gasteiger partial charge in [0.2, 0.25) is 0 Å². The van der Waals surface area contributed by atoms with Gasteiger partial charge in [-0.15, -0.1) is 0 Å². The Balaban J connectivity index is 3.07. The van der Waals surface area contributed by atoms with Gasteiger partial charge in [-0.2, -0.15) is 0 Å². The highest BCUT2D eigenvalue weighted by Gasteiger charge is 2.14. The zero-order valence-corrected chi connectivity index (χ0v) is 10.4. The molecular formula is C11H14BrF2N. The molecule has 0 aromatic heterocycles. The average molecular weight is 278 g/mol. The molecule has 0 radical (unpaired) electrons. The Bertz CT molecular complexity index is 318. The van der Waals surface area contributed by atoms with Gasteiger partial charge in [-0.3, -0.25) is 0 Å². The molecule has 0 aliphatic carbocycles. The predicted molar refractivity (Wildman–Crippen MR) is 62.6 cm³/mol. The lowest BCUT2D eigenvalue weighted by atomic mass is 10.2. The lowest BCUT2D eigenvalue weighted by molar-refractivity contribution is 0.574. The Morgan fingerprint density at radius 3 is 2.20 bits per heavy atom. The van der Waals surface area contributed by atoms with Crippen LogP contribution in [0.15, 0.2) is 12.1 Å². The molecule has 0 spiro atoms. The summed E-state index contributed by atoms with van der Waals surface area (Å²) in [4.78, 5) is 1.60. The lowest BCUT2D eigenvalue weighted by Crippen LogP contribution is -2.20. The molecule has 0 bridgehead atoms. The van der Waals surface area contributed by atoms with Crippen molar-refractivity contribution in [2.75, 3.05) is 18.5 Å². The van der Waals surface area contributed by atoms with Crippen molar-refractivity contribution < 1.29 is 8.78 Å². The summed E-state index contributed by atoms with van der Waals surface area (Å²) < 4.78 is 27.1. The van der Waals surface area contributed by atoms with Gasteiger partial charge in [0.15, 0.2) is 0 Å². The van der Waals surface area contributed by atoms with Gasteiger partial charge in [0.05, 0.1) is 0 Å². The van der Waals surface area contributed by atoms with Crippen LogP contribution in [0.3, 0.4) is 0 Å². The van der Waals surface area contributed by atoms with Crippen LogP contribution in [0.1, 0.15) is 18.9 Å². The quantitative estimate of drug-likeness (QED) is 0.759. The fraction of sp³-hybridized carbons (Fsp3) is 0.455. The molecule has 0 saturated carbocycles. The average Bonchev–Trinajstić information content (AvgIpc) is 2.16. The summed E-state index contributed by atoms with van der Waals surface area (Å²) in [6.45, 7) is 2.61. The molecule has 1 rings (SSSR count).